The van der Waals surface area contributed by atoms with Gasteiger partial charge in [-0.05, 0) is 5.46 Å². The molecular weight excluding hydrogens is 155 g/mol. The second-order valence-corrected chi connectivity index (χ2v) is 2.19. The molecule has 0 saturated carbocycles. The molecule has 1 aromatic rings. The van der Waals surface area contributed by atoms with Crippen LogP contribution in [0.3, 0.4) is 0 Å². The minimum Gasteiger partial charge on any atom is -0.423 e. The van der Waals surface area contributed by atoms with E-state index in [9.17, 15) is 0 Å². The number of rotatable bonds is 1. The average Bonchev–Trinajstić information content (AvgIpc) is 2.07. The van der Waals surface area contributed by atoms with Gasteiger partial charge in [-0.25, -0.2) is 0 Å². The van der Waals surface area contributed by atoms with Crippen LogP contribution < -0.4 is 5.46 Å². The molecule has 0 heterocycles. The quantitative estimate of drug-likeness (QED) is 0.562. The van der Waals surface area contributed by atoms with Gasteiger partial charge < -0.3 is 14.8 Å². The molecule has 0 saturated heterocycles. The number of ether oxygens (including phenoxy) is 1. The van der Waals surface area contributed by atoms with E-state index in [2.05, 4.69) is 4.74 Å². The van der Waals surface area contributed by atoms with Gasteiger partial charge in [-0.1, -0.05) is 30.3 Å². The normalized spacial score (nSPS) is 8.33. The molecular formula is C8H13BO3. The Morgan fingerprint density at radius 1 is 1.08 bits per heavy atom. The average molecular weight is 168 g/mol. The van der Waals surface area contributed by atoms with Gasteiger partial charge in [0.25, 0.3) is 0 Å². The van der Waals surface area contributed by atoms with Gasteiger partial charge in [0.15, 0.2) is 0 Å². The summed E-state index contributed by atoms with van der Waals surface area (Å²) in [5, 5.41) is 17.2. The highest BCUT2D eigenvalue weighted by molar-refractivity contribution is 6.58. The maximum absolute atomic E-state index is 8.58. The lowest BCUT2D eigenvalue weighted by Gasteiger charge is -1.94. The van der Waals surface area contributed by atoms with Crippen LogP contribution in [0.4, 0.5) is 0 Å². The number of hydrogen-bond donors (Lipinski definition) is 2. The highest BCUT2D eigenvalue weighted by Crippen LogP contribution is 1.82. The molecule has 0 aliphatic heterocycles. The van der Waals surface area contributed by atoms with Crippen molar-refractivity contribution in [3.63, 3.8) is 0 Å². The molecule has 0 unspecified atom stereocenters. The first-order chi connectivity index (χ1) is 5.72. The minimum absolute atomic E-state index is 0.525. The lowest BCUT2D eigenvalue weighted by Crippen LogP contribution is -2.29. The Labute approximate surface area is 72.8 Å². The smallest absolute Gasteiger partial charge is 0.423 e. The molecule has 2 N–H and O–H groups in total. The van der Waals surface area contributed by atoms with E-state index < -0.39 is 7.12 Å². The Hall–Kier alpha value is -0.835. The van der Waals surface area contributed by atoms with Crippen LogP contribution in [0.5, 0.6) is 0 Å². The summed E-state index contributed by atoms with van der Waals surface area (Å²) < 4.78 is 4.25. The summed E-state index contributed by atoms with van der Waals surface area (Å²) in [6.45, 7) is 0. The molecule has 0 bridgehead atoms. The summed E-state index contributed by atoms with van der Waals surface area (Å²) in [5.74, 6) is 0. The Morgan fingerprint density at radius 3 is 1.75 bits per heavy atom. The second-order valence-electron chi connectivity index (χ2n) is 2.19. The molecule has 3 nitrogen and oxygen atoms in total. The zero-order chi connectivity index (χ0) is 9.40. The van der Waals surface area contributed by atoms with Crippen molar-refractivity contribution in [2.45, 2.75) is 0 Å². The Balaban J connectivity index is 0.000000354. The number of hydrogen-bond acceptors (Lipinski definition) is 3. The largest absolute Gasteiger partial charge is 0.488 e. The molecule has 0 aliphatic rings. The van der Waals surface area contributed by atoms with Gasteiger partial charge in [-0.2, -0.15) is 0 Å². The van der Waals surface area contributed by atoms with E-state index in [1.807, 2.05) is 6.07 Å². The van der Waals surface area contributed by atoms with Crippen LogP contribution in [0.15, 0.2) is 30.3 Å². The summed E-state index contributed by atoms with van der Waals surface area (Å²) in [6.07, 6.45) is 0. The van der Waals surface area contributed by atoms with Gasteiger partial charge in [0.1, 0.15) is 0 Å². The first-order valence-corrected chi connectivity index (χ1v) is 3.53. The van der Waals surface area contributed by atoms with E-state index in [4.69, 9.17) is 10.0 Å². The van der Waals surface area contributed by atoms with E-state index in [1.165, 1.54) is 0 Å². The van der Waals surface area contributed by atoms with Crippen molar-refractivity contribution in [3.05, 3.63) is 30.3 Å². The summed E-state index contributed by atoms with van der Waals surface area (Å²) in [6, 6.07) is 8.66. The standard InChI is InChI=1S/C6H7BO2.C2H6O/c8-7(9)6-4-2-1-3-5-6;1-3-2/h1-5,8-9H;1-2H3. The van der Waals surface area contributed by atoms with Crippen LogP contribution in [0.2, 0.25) is 0 Å². The molecule has 1 aromatic carbocycles. The van der Waals surface area contributed by atoms with E-state index in [0.717, 1.165) is 0 Å². The van der Waals surface area contributed by atoms with Crippen molar-refractivity contribution in [1.29, 1.82) is 0 Å². The molecule has 0 atom stereocenters. The number of methoxy groups -OCH3 is 1. The summed E-state index contributed by atoms with van der Waals surface area (Å²) >= 11 is 0. The molecule has 0 spiro atoms. The third-order valence-electron chi connectivity index (χ3n) is 1.10. The highest BCUT2D eigenvalue weighted by atomic mass is 16.4. The van der Waals surface area contributed by atoms with Crippen molar-refractivity contribution in [3.8, 4) is 0 Å². The Kier molecular flexibility index (Phi) is 6.37. The van der Waals surface area contributed by atoms with Crippen molar-refractivity contribution < 1.29 is 14.8 Å². The van der Waals surface area contributed by atoms with Gasteiger partial charge in [0, 0.05) is 14.2 Å². The monoisotopic (exact) mass is 168 g/mol. The molecule has 0 radical (unpaired) electrons. The second kappa shape index (κ2) is 6.85. The van der Waals surface area contributed by atoms with Gasteiger partial charge in [0.05, 0.1) is 0 Å². The molecule has 12 heavy (non-hydrogen) atoms. The molecule has 0 amide bonds. The molecule has 66 valence electrons. The van der Waals surface area contributed by atoms with Crippen molar-refractivity contribution >= 4 is 12.6 Å². The zero-order valence-corrected chi connectivity index (χ0v) is 7.27. The third kappa shape index (κ3) is 4.90. The first-order valence-electron chi connectivity index (χ1n) is 3.53. The number of benzene rings is 1. The Morgan fingerprint density at radius 2 is 1.50 bits per heavy atom. The van der Waals surface area contributed by atoms with E-state index in [1.54, 1.807) is 38.5 Å². The topological polar surface area (TPSA) is 49.7 Å². The maximum Gasteiger partial charge on any atom is 0.488 e. The highest BCUT2D eigenvalue weighted by Gasteiger charge is 2.07. The summed E-state index contributed by atoms with van der Waals surface area (Å²) in [4.78, 5) is 0. The Bertz CT molecular complexity index is 189. The van der Waals surface area contributed by atoms with Crippen LogP contribution >= 0.6 is 0 Å². The fourth-order valence-electron chi connectivity index (χ4n) is 0.625. The molecule has 0 aromatic heterocycles. The predicted octanol–water partition coefficient (Wildman–Crippen LogP) is -0.371. The lowest BCUT2D eigenvalue weighted by molar-refractivity contribution is 0.277. The van der Waals surface area contributed by atoms with Gasteiger partial charge >= 0.3 is 7.12 Å². The van der Waals surface area contributed by atoms with E-state index in [0.29, 0.717) is 5.46 Å². The van der Waals surface area contributed by atoms with Crippen molar-refractivity contribution in [2.75, 3.05) is 14.2 Å². The van der Waals surface area contributed by atoms with Crippen LogP contribution in [-0.4, -0.2) is 31.4 Å². The first kappa shape index (κ1) is 11.2. The zero-order valence-electron chi connectivity index (χ0n) is 7.27. The van der Waals surface area contributed by atoms with Gasteiger partial charge in [-0.3, -0.25) is 0 Å². The predicted molar refractivity (Wildman–Crippen MR) is 49.2 cm³/mol. The van der Waals surface area contributed by atoms with Gasteiger partial charge in [0.2, 0.25) is 0 Å². The van der Waals surface area contributed by atoms with Crippen LogP contribution in [0, 0.1) is 0 Å². The molecule has 0 aliphatic carbocycles. The minimum atomic E-state index is -1.34. The molecule has 1 rings (SSSR count). The van der Waals surface area contributed by atoms with Gasteiger partial charge in [-0.15, -0.1) is 0 Å². The third-order valence-corrected chi connectivity index (χ3v) is 1.10. The van der Waals surface area contributed by atoms with Crippen molar-refractivity contribution in [1.82, 2.24) is 0 Å². The van der Waals surface area contributed by atoms with Crippen LogP contribution in [0.25, 0.3) is 0 Å². The SMILES string of the molecule is COC.OB(O)c1ccccc1. The van der Waals surface area contributed by atoms with E-state index in [-0.39, 0.29) is 0 Å². The van der Waals surface area contributed by atoms with Crippen LogP contribution in [0.1, 0.15) is 0 Å². The fourth-order valence-corrected chi connectivity index (χ4v) is 0.625. The van der Waals surface area contributed by atoms with E-state index >= 15 is 0 Å². The fraction of sp³-hybridized carbons (Fsp3) is 0.250. The summed E-state index contributed by atoms with van der Waals surface area (Å²) in [7, 11) is 1.91. The maximum atomic E-state index is 8.58. The summed E-state index contributed by atoms with van der Waals surface area (Å²) in [5.41, 5.74) is 0.525. The van der Waals surface area contributed by atoms with Crippen molar-refractivity contribution in [2.24, 2.45) is 0 Å². The molecule has 0 fully saturated rings. The molecule has 4 heteroatoms. The lowest BCUT2D eigenvalue weighted by atomic mass is 9.81. The van der Waals surface area contributed by atoms with Crippen LogP contribution in [-0.2, 0) is 4.74 Å².